The van der Waals surface area contributed by atoms with E-state index in [0.29, 0.717) is 10.2 Å². The van der Waals surface area contributed by atoms with E-state index in [-0.39, 0.29) is 17.9 Å². The summed E-state index contributed by atoms with van der Waals surface area (Å²) in [7, 11) is 0. The van der Waals surface area contributed by atoms with Gasteiger partial charge in [0.15, 0.2) is 5.69 Å². The Balaban J connectivity index is 1.67. The number of benzene rings is 1. The van der Waals surface area contributed by atoms with Crippen molar-refractivity contribution in [3.05, 3.63) is 65.7 Å². The second-order valence-corrected chi connectivity index (χ2v) is 5.54. The van der Waals surface area contributed by atoms with Crippen LogP contribution in [0.4, 0.5) is 27.6 Å². The van der Waals surface area contributed by atoms with E-state index in [2.05, 4.69) is 15.5 Å². The van der Waals surface area contributed by atoms with Crippen molar-refractivity contribution in [2.24, 2.45) is 0 Å². The number of amides is 1. The molecule has 0 aliphatic heterocycles. The SMILES string of the molecule is O=C(Nc1cnn(Cc2cccc(C(F)(F)F)c2)c1)c1ccn(C(F)F)n1. The lowest BCUT2D eigenvalue weighted by molar-refractivity contribution is -0.137. The van der Waals surface area contributed by atoms with E-state index < -0.39 is 24.2 Å². The highest BCUT2D eigenvalue weighted by Gasteiger charge is 2.30. The number of carbonyl (C=O) groups excluding carboxylic acids is 1. The summed E-state index contributed by atoms with van der Waals surface area (Å²) in [4.78, 5) is 12.0. The maximum atomic E-state index is 12.7. The van der Waals surface area contributed by atoms with Gasteiger partial charge in [-0.2, -0.15) is 32.1 Å². The zero-order valence-electron chi connectivity index (χ0n) is 13.5. The minimum Gasteiger partial charge on any atom is -0.318 e. The summed E-state index contributed by atoms with van der Waals surface area (Å²) in [6.45, 7) is -2.80. The number of nitrogens with zero attached hydrogens (tertiary/aromatic N) is 4. The smallest absolute Gasteiger partial charge is 0.318 e. The molecule has 1 aromatic carbocycles. The van der Waals surface area contributed by atoms with Gasteiger partial charge in [-0.25, -0.2) is 4.68 Å². The zero-order chi connectivity index (χ0) is 19.6. The topological polar surface area (TPSA) is 64.7 Å². The molecule has 0 atom stereocenters. The van der Waals surface area contributed by atoms with Crippen LogP contribution in [0.1, 0.15) is 28.2 Å². The Morgan fingerprint density at radius 3 is 2.67 bits per heavy atom. The first-order valence-electron chi connectivity index (χ1n) is 7.55. The Kier molecular flexibility index (Phi) is 4.93. The fourth-order valence-electron chi connectivity index (χ4n) is 2.31. The van der Waals surface area contributed by atoms with Gasteiger partial charge in [-0.05, 0) is 23.8 Å². The second-order valence-electron chi connectivity index (χ2n) is 5.54. The van der Waals surface area contributed by atoms with Crippen LogP contribution < -0.4 is 5.32 Å². The number of alkyl halides is 5. The first-order valence-corrected chi connectivity index (χ1v) is 7.55. The van der Waals surface area contributed by atoms with Crippen molar-refractivity contribution in [3.8, 4) is 0 Å². The van der Waals surface area contributed by atoms with Gasteiger partial charge in [-0.3, -0.25) is 9.48 Å². The number of rotatable bonds is 5. The second kappa shape index (κ2) is 7.17. The maximum Gasteiger partial charge on any atom is 0.416 e. The van der Waals surface area contributed by atoms with Crippen molar-refractivity contribution in [2.75, 3.05) is 5.32 Å². The van der Waals surface area contributed by atoms with E-state index >= 15 is 0 Å². The van der Waals surface area contributed by atoms with Gasteiger partial charge in [0.1, 0.15) is 0 Å². The van der Waals surface area contributed by atoms with Crippen molar-refractivity contribution >= 4 is 11.6 Å². The number of halogens is 5. The van der Waals surface area contributed by atoms with Crippen LogP contribution in [0, 0.1) is 0 Å². The predicted molar refractivity (Wildman–Crippen MR) is 84.2 cm³/mol. The van der Waals surface area contributed by atoms with E-state index in [9.17, 15) is 26.7 Å². The maximum absolute atomic E-state index is 12.7. The minimum absolute atomic E-state index is 0.0554. The van der Waals surface area contributed by atoms with Crippen LogP contribution >= 0.6 is 0 Å². The van der Waals surface area contributed by atoms with Gasteiger partial charge in [0.2, 0.25) is 0 Å². The third-order valence-corrected chi connectivity index (χ3v) is 3.53. The summed E-state index contributed by atoms with van der Waals surface area (Å²) in [6.07, 6.45) is -0.782. The lowest BCUT2D eigenvalue weighted by atomic mass is 10.1. The molecule has 0 radical (unpaired) electrons. The number of nitrogens with one attached hydrogen (secondary N) is 1. The van der Waals surface area contributed by atoms with Gasteiger partial charge in [0, 0.05) is 12.4 Å². The molecule has 3 rings (SSSR count). The Bertz CT molecular complexity index is 947. The highest BCUT2D eigenvalue weighted by atomic mass is 19.4. The number of anilines is 1. The normalized spacial score (nSPS) is 11.8. The zero-order valence-corrected chi connectivity index (χ0v) is 13.5. The molecule has 0 aliphatic rings. The van der Waals surface area contributed by atoms with Crippen LogP contribution in [0.15, 0.2) is 48.9 Å². The van der Waals surface area contributed by atoms with E-state index in [1.165, 1.54) is 29.2 Å². The molecule has 1 amide bonds. The fraction of sp³-hybridized carbons (Fsp3) is 0.188. The number of hydrogen-bond acceptors (Lipinski definition) is 3. The van der Waals surface area contributed by atoms with Crippen LogP contribution in [0.25, 0.3) is 0 Å². The van der Waals surface area contributed by atoms with Crippen molar-refractivity contribution in [2.45, 2.75) is 19.3 Å². The molecule has 0 unspecified atom stereocenters. The average molecular weight is 385 g/mol. The molecule has 2 aromatic heterocycles. The molecule has 2 heterocycles. The van der Waals surface area contributed by atoms with Crippen LogP contribution in [0.5, 0.6) is 0 Å². The monoisotopic (exact) mass is 385 g/mol. The standard InChI is InChI=1S/C16H12F5N5O/c17-15(18)26-5-4-13(24-26)14(27)23-12-7-22-25(9-12)8-10-2-1-3-11(6-10)16(19,20)21/h1-7,9,15H,8H2,(H,23,27). The predicted octanol–water partition coefficient (Wildman–Crippen LogP) is 3.79. The third-order valence-electron chi connectivity index (χ3n) is 3.53. The molecule has 0 spiro atoms. The largest absolute Gasteiger partial charge is 0.416 e. The Hall–Kier alpha value is -3.24. The third kappa shape index (κ3) is 4.49. The molecular weight excluding hydrogens is 373 g/mol. The number of hydrogen-bond donors (Lipinski definition) is 1. The van der Waals surface area contributed by atoms with Gasteiger partial charge >= 0.3 is 12.7 Å². The fourth-order valence-corrected chi connectivity index (χ4v) is 2.31. The van der Waals surface area contributed by atoms with Crippen LogP contribution in [0.3, 0.4) is 0 Å². The van der Waals surface area contributed by atoms with Gasteiger partial charge < -0.3 is 5.32 Å². The van der Waals surface area contributed by atoms with Crippen LogP contribution in [-0.2, 0) is 12.7 Å². The lowest BCUT2D eigenvalue weighted by Crippen LogP contribution is -2.13. The van der Waals surface area contributed by atoms with E-state index in [4.69, 9.17) is 0 Å². The average Bonchev–Trinajstić information content (AvgIpc) is 3.24. The minimum atomic E-state index is -4.44. The molecule has 0 aliphatic carbocycles. The highest BCUT2D eigenvalue weighted by Crippen LogP contribution is 2.29. The van der Waals surface area contributed by atoms with Gasteiger partial charge in [-0.15, -0.1) is 0 Å². The van der Waals surface area contributed by atoms with E-state index in [1.54, 1.807) is 0 Å². The molecule has 11 heteroatoms. The Labute approximate surface area is 149 Å². The van der Waals surface area contributed by atoms with Crippen molar-refractivity contribution in [3.63, 3.8) is 0 Å². The Morgan fingerprint density at radius 1 is 1.22 bits per heavy atom. The van der Waals surface area contributed by atoms with Crippen molar-refractivity contribution in [1.29, 1.82) is 0 Å². The molecule has 142 valence electrons. The number of aromatic nitrogens is 4. The molecular formula is C16H12F5N5O. The molecule has 0 saturated carbocycles. The first kappa shape index (κ1) is 18.5. The quantitative estimate of drug-likeness (QED) is 0.680. The molecule has 1 N–H and O–H groups in total. The molecule has 27 heavy (non-hydrogen) atoms. The Morgan fingerprint density at radius 2 is 2.00 bits per heavy atom. The van der Waals surface area contributed by atoms with Crippen LogP contribution in [-0.4, -0.2) is 25.5 Å². The van der Waals surface area contributed by atoms with E-state index in [0.717, 1.165) is 24.4 Å². The first-order chi connectivity index (χ1) is 12.7. The summed E-state index contributed by atoms with van der Waals surface area (Å²) in [5.41, 5.74) is -0.351. The number of carbonyl (C=O) groups is 1. The highest BCUT2D eigenvalue weighted by molar-refractivity contribution is 6.02. The molecule has 0 bridgehead atoms. The molecule has 0 fully saturated rings. The lowest BCUT2D eigenvalue weighted by Gasteiger charge is -2.08. The summed E-state index contributed by atoms with van der Waals surface area (Å²) < 4.78 is 64.8. The summed E-state index contributed by atoms with van der Waals surface area (Å²) in [5.74, 6) is -0.715. The summed E-state index contributed by atoms with van der Waals surface area (Å²) in [6, 6.07) is 5.93. The van der Waals surface area contributed by atoms with Crippen molar-refractivity contribution in [1.82, 2.24) is 19.6 Å². The van der Waals surface area contributed by atoms with Crippen molar-refractivity contribution < 1.29 is 26.7 Å². The molecule has 0 saturated heterocycles. The van der Waals surface area contributed by atoms with Gasteiger partial charge in [-0.1, -0.05) is 12.1 Å². The van der Waals surface area contributed by atoms with Gasteiger partial charge in [0.25, 0.3) is 5.91 Å². The summed E-state index contributed by atoms with van der Waals surface area (Å²) in [5, 5.41) is 9.82. The molecule has 6 nitrogen and oxygen atoms in total. The molecule has 3 aromatic rings. The summed E-state index contributed by atoms with van der Waals surface area (Å²) >= 11 is 0. The van der Waals surface area contributed by atoms with Gasteiger partial charge in [0.05, 0.1) is 24.0 Å². The van der Waals surface area contributed by atoms with E-state index in [1.807, 2.05) is 0 Å². The van der Waals surface area contributed by atoms with Crippen LogP contribution in [0.2, 0.25) is 0 Å².